The Morgan fingerprint density at radius 2 is 1.09 bits per heavy atom. The molecule has 0 radical (unpaired) electrons. The summed E-state index contributed by atoms with van der Waals surface area (Å²) in [5.41, 5.74) is 32.6. The van der Waals surface area contributed by atoms with Gasteiger partial charge in [-0.15, -0.1) is 0 Å². The molecule has 0 spiro atoms. The van der Waals surface area contributed by atoms with E-state index in [0.29, 0.717) is 32.2 Å². The van der Waals surface area contributed by atoms with Crippen LogP contribution in [0.15, 0.2) is 4.99 Å². The molecule has 0 aliphatic carbocycles. The van der Waals surface area contributed by atoms with Crippen LogP contribution in [0, 0.1) is 0 Å². The van der Waals surface area contributed by atoms with Crippen LogP contribution < -0.4 is 61.0 Å². The Morgan fingerprint density at radius 1 is 0.611 bits per heavy atom. The fraction of sp³-hybridized carbons (Fsp3) is 0.710. The van der Waals surface area contributed by atoms with E-state index in [1.807, 2.05) is 0 Å². The van der Waals surface area contributed by atoms with Crippen molar-refractivity contribution in [3.63, 3.8) is 0 Å². The lowest BCUT2D eigenvalue weighted by atomic mass is 10.0. The molecular weight excluding hydrogens is 716 g/mol. The lowest BCUT2D eigenvalue weighted by Crippen LogP contribution is -2.61. The molecule has 23 nitrogen and oxygen atoms in total. The van der Waals surface area contributed by atoms with E-state index in [9.17, 15) is 53.7 Å². The lowest BCUT2D eigenvalue weighted by Gasteiger charge is -2.28. The molecule has 0 saturated heterocycles. The summed E-state index contributed by atoms with van der Waals surface area (Å²) in [6.07, 6.45) is -1.45. The summed E-state index contributed by atoms with van der Waals surface area (Å²) in [6.45, 7) is 1.81. The van der Waals surface area contributed by atoms with E-state index >= 15 is 0 Å². The number of aliphatic hydroxyl groups excluding tert-OH is 1. The van der Waals surface area contributed by atoms with Crippen LogP contribution in [0.5, 0.6) is 0 Å². The number of nitrogens with one attached hydrogen (secondary N) is 5. The maximum atomic E-state index is 13.5. The molecule has 0 heterocycles. The third-order valence-electron chi connectivity index (χ3n) is 7.83. The molecule has 0 saturated carbocycles. The average Bonchev–Trinajstić information content (AvgIpc) is 3.08. The van der Waals surface area contributed by atoms with Gasteiger partial charge in [-0.25, -0.2) is 4.79 Å². The second-order valence-electron chi connectivity index (χ2n) is 12.5. The first kappa shape index (κ1) is 48.9. The number of aliphatic carboxylic acids is 2. The first-order valence-corrected chi connectivity index (χ1v) is 17.5. The number of aliphatic imine (C=N–C) groups is 1. The Bertz CT molecular complexity index is 1300. The minimum Gasteiger partial charge on any atom is -0.481 e. The Kier molecular flexibility index (Phi) is 24.1. The highest BCUT2D eigenvalue weighted by atomic mass is 16.4. The predicted octanol–water partition coefficient (Wildman–Crippen LogP) is -5.75. The first-order valence-electron chi connectivity index (χ1n) is 17.5. The monoisotopic (exact) mass is 774 g/mol. The van der Waals surface area contributed by atoms with Gasteiger partial charge in [0.05, 0.1) is 18.6 Å². The number of rotatable bonds is 29. The molecule has 0 aliphatic rings. The van der Waals surface area contributed by atoms with E-state index in [2.05, 4.69) is 31.6 Å². The van der Waals surface area contributed by atoms with Crippen LogP contribution in [0.3, 0.4) is 0 Å². The molecule has 0 aromatic carbocycles. The molecule has 0 aromatic rings. The van der Waals surface area contributed by atoms with E-state index in [1.165, 1.54) is 0 Å². The number of carbonyl (C=O) groups excluding carboxylic acids is 6. The molecule has 308 valence electrons. The summed E-state index contributed by atoms with van der Waals surface area (Å²) >= 11 is 0. The van der Waals surface area contributed by atoms with Crippen molar-refractivity contribution >= 4 is 53.3 Å². The van der Waals surface area contributed by atoms with Gasteiger partial charge in [-0.05, 0) is 77.8 Å². The molecule has 7 atom stereocenters. The zero-order chi connectivity index (χ0) is 41.4. The van der Waals surface area contributed by atoms with Crippen molar-refractivity contribution in [1.29, 1.82) is 0 Å². The maximum absolute atomic E-state index is 13.5. The number of amides is 6. The molecule has 0 aromatic heterocycles. The van der Waals surface area contributed by atoms with Crippen molar-refractivity contribution in [3.8, 4) is 0 Å². The van der Waals surface area contributed by atoms with Gasteiger partial charge in [-0.1, -0.05) is 0 Å². The van der Waals surface area contributed by atoms with Crippen molar-refractivity contribution < 1.29 is 53.7 Å². The van der Waals surface area contributed by atoms with E-state index < -0.39 is 103 Å². The van der Waals surface area contributed by atoms with Crippen molar-refractivity contribution in [2.45, 2.75) is 120 Å². The van der Waals surface area contributed by atoms with Gasteiger partial charge in [-0.3, -0.25) is 38.6 Å². The van der Waals surface area contributed by atoms with Gasteiger partial charge in [0, 0.05) is 13.0 Å². The molecule has 0 unspecified atom stereocenters. The smallest absolute Gasteiger partial charge is 0.326 e. The third-order valence-corrected chi connectivity index (χ3v) is 7.83. The van der Waals surface area contributed by atoms with Crippen LogP contribution in [0.2, 0.25) is 0 Å². The summed E-state index contributed by atoms with van der Waals surface area (Å²) in [5, 5.41) is 41.0. The van der Waals surface area contributed by atoms with E-state index in [4.69, 9.17) is 34.4 Å². The van der Waals surface area contributed by atoms with Crippen LogP contribution >= 0.6 is 0 Å². The van der Waals surface area contributed by atoms with Gasteiger partial charge in [-0.2, -0.15) is 0 Å². The van der Waals surface area contributed by atoms with Crippen LogP contribution in [-0.2, 0) is 38.4 Å². The second kappa shape index (κ2) is 26.6. The van der Waals surface area contributed by atoms with E-state index in [0.717, 1.165) is 6.92 Å². The Balaban J connectivity index is 6.09. The van der Waals surface area contributed by atoms with Gasteiger partial charge < -0.3 is 76.3 Å². The van der Waals surface area contributed by atoms with E-state index in [-0.39, 0.29) is 51.2 Å². The highest BCUT2D eigenvalue weighted by Crippen LogP contribution is 2.08. The highest BCUT2D eigenvalue weighted by molar-refractivity contribution is 5.97. The Hall–Kier alpha value is -5.13. The third kappa shape index (κ3) is 20.8. The molecule has 6 amide bonds. The number of carbonyl (C=O) groups is 8. The fourth-order valence-electron chi connectivity index (χ4n) is 4.85. The number of carboxylic acids is 2. The standard InChI is InChI=1S/C31H58N12O11/c1-16(44)24(29(52)40-19(10-11-22(35)45)26(49)41-20(30(53)54)9-3-5-13-33)43-27(50)18(8-2-4-12-32)39-28(51)21(15-23(46)47)42-25(48)17(34)7-6-14-38-31(36)37/h16-21,24,44H,2-15,32-34H2,1H3,(H2,35,45)(H,39,51)(H,40,52)(H,41,49)(H,42,48)(H,43,50)(H,46,47)(H,53,54)(H4,36,37,38)/t16-,17+,18+,19+,20+,21+,24+/m1/s1. The Labute approximate surface area is 312 Å². The maximum Gasteiger partial charge on any atom is 0.326 e. The van der Waals surface area contributed by atoms with Crippen molar-refractivity contribution in [1.82, 2.24) is 26.6 Å². The van der Waals surface area contributed by atoms with Gasteiger partial charge in [0.2, 0.25) is 35.4 Å². The number of primary amides is 1. The molecule has 54 heavy (non-hydrogen) atoms. The highest BCUT2D eigenvalue weighted by Gasteiger charge is 2.35. The van der Waals surface area contributed by atoms with Crippen molar-refractivity contribution in [2.75, 3.05) is 19.6 Å². The van der Waals surface area contributed by atoms with Gasteiger partial charge in [0.25, 0.3) is 0 Å². The van der Waals surface area contributed by atoms with Crippen LogP contribution in [0.1, 0.15) is 77.6 Å². The number of aliphatic hydroxyl groups is 1. The Morgan fingerprint density at radius 3 is 1.59 bits per heavy atom. The molecule has 20 N–H and O–H groups in total. The van der Waals surface area contributed by atoms with E-state index in [1.54, 1.807) is 0 Å². The van der Waals surface area contributed by atoms with Crippen LogP contribution in [0.4, 0.5) is 0 Å². The molecule has 0 fully saturated rings. The normalized spacial score (nSPS) is 14.8. The summed E-state index contributed by atoms with van der Waals surface area (Å²) in [5.74, 6) is -8.87. The summed E-state index contributed by atoms with van der Waals surface area (Å²) in [4.78, 5) is 105. The quantitative estimate of drug-likeness (QED) is 0.0191. The second-order valence-corrected chi connectivity index (χ2v) is 12.5. The number of nitrogens with two attached hydrogens (primary N) is 6. The molecule has 0 aliphatic heterocycles. The van der Waals surface area contributed by atoms with Crippen LogP contribution in [-0.4, -0.2) is 131 Å². The summed E-state index contributed by atoms with van der Waals surface area (Å²) in [6, 6.07) is -8.95. The minimum atomic E-state index is -1.76. The average molecular weight is 775 g/mol. The molecule has 0 bridgehead atoms. The van der Waals surface area contributed by atoms with Crippen LogP contribution in [0.25, 0.3) is 0 Å². The molecule has 0 rings (SSSR count). The van der Waals surface area contributed by atoms with Gasteiger partial charge >= 0.3 is 11.9 Å². The van der Waals surface area contributed by atoms with Gasteiger partial charge in [0.1, 0.15) is 30.2 Å². The minimum absolute atomic E-state index is 0.0167. The number of hydrogen-bond acceptors (Lipinski definition) is 13. The SMILES string of the molecule is C[C@@H](O)[C@H](NC(=O)[C@H](CCCCN)NC(=O)[C@H](CC(=O)O)NC(=O)[C@@H](N)CCCN=C(N)N)C(=O)N[C@@H](CCC(N)=O)C(=O)N[C@@H](CCCCN)C(=O)O. The predicted molar refractivity (Wildman–Crippen MR) is 193 cm³/mol. The number of unbranched alkanes of at least 4 members (excludes halogenated alkanes) is 2. The van der Waals surface area contributed by atoms with Crippen molar-refractivity contribution in [2.24, 2.45) is 39.4 Å². The summed E-state index contributed by atoms with van der Waals surface area (Å²) < 4.78 is 0. The zero-order valence-electron chi connectivity index (χ0n) is 30.5. The van der Waals surface area contributed by atoms with Crippen molar-refractivity contribution in [3.05, 3.63) is 0 Å². The lowest BCUT2D eigenvalue weighted by molar-refractivity contribution is -0.143. The topological polar surface area (TPSA) is 426 Å². The molecule has 23 heteroatoms. The number of hydrogen-bond donors (Lipinski definition) is 14. The number of carboxylic acid groups (broad SMARTS) is 2. The zero-order valence-corrected chi connectivity index (χ0v) is 30.5. The number of nitrogens with zero attached hydrogens (tertiary/aromatic N) is 1. The fourth-order valence-corrected chi connectivity index (χ4v) is 4.85. The van der Waals surface area contributed by atoms with Gasteiger partial charge in [0.15, 0.2) is 5.96 Å². The first-order chi connectivity index (χ1) is 25.3. The largest absolute Gasteiger partial charge is 0.481 e. The molecular formula is C31H58N12O11. The number of guanidine groups is 1. The summed E-state index contributed by atoms with van der Waals surface area (Å²) in [7, 11) is 0.